The molecule has 3 N–H and O–H groups in total. The number of urea groups is 2. The summed E-state index contributed by atoms with van der Waals surface area (Å²) in [4.78, 5) is 51.5. The number of aromatic nitrogens is 1. The summed E-state index contributed by atoms with van der Waals surface area (Å²) in [6.45, 7) is 0.584. The molecule has 1 aliphatic rings. The highest BCUT2D eigenvalue weighted by Gasteiger charge is 2.34. The maximum Gasteiger partial charge on any atom is 0.332 e. The van der Waals surface area contributed by atoms with Crippen molar-refractivity contribution < 1.29 is 48.0 Å². The third-order valence-corrected chi connectivity index (χ3v) is 6.30. The number of nitrogens with one attached hydrogen (secondary N) is 1. The molecule has 3 aromatic carbocycles. The lowest BCUT2D eigenvalue weighted by atomic mass is 10.2. The Balaban J connectivity index is 0.000000510. The van der Waals surface area contributed by atoms with Gasteiger partial charge in [0.05, 0.1) is 26.3 Å². The molecule has 1 aliphatic heterocycles. The molecule has 1 saturated heterocycles. The smallest absolute Gasteiger partial charge is 0.332 e. The van der Waals surface area contributed by atoms with Crippen LogP contribution in [0.15, 0.2) is 85.1 Å². The van der Waals surface area contributed by atoms with E-state index in [1.165, 1.54) is 31.3 Å². The first kappa shape index (κ1) is 31.7. The molecule has 5 rings (SSSR count). The lowest BCUT2D eigenvalue weighted by Gasteiger charge is -2.18. The van der Waals surface area contributed by atoms with Gasteiger partial charge in [-0.2, -0.15) is 0 Å². The Bertz CT molecular complexity index is 1750. The maximum absolute atomic E-state index is 15.0. The minimum Gasteiger partial charge on any atom is -0.493 e. The fourth-order valence-corrected chi connectivity index (χ4v) is 4.22. The molecule has 0 atom stereocenters. The molecule has 0 unspecified atom stereocenters. The average molecular weight is 619 g/mol. The number of nitrogens with zero attached hydrogens (tertiary/aromatic N) is 3. The lowest BCUT2D eigenvalue weighted by molar-refractivity contribution is -0.134. The van der Waals surface area contributed by atoms with Crippen LogP contribution in [-0.4, -0.2) is 71.4 Å². The highest BCUT2D eigenvalue weighted by Crippen LogP contribution is 2.37. The van der Waals surface area contributed by atoms with Crippen molar-refractivity contribution in [2.75, 3.05) is 37.5 Å². The molecule has 232 valence electrons. The summed E-state index contributed by atoms with van der Waals surface area (Å²) in [7, 11) is 3.04. The monoisotopic (exact) mass is 618 g/mol. The summed E-state index contributed by atoms with van der Waals surface area (Å²) >= 11 is 0. The van der Waals surface area contributed by atoms with Gasteiger partial charge in [-0.15, -0.1) is 0 Å². The number of amides is 4. The largest absolute Gasteiger partial charge is 0.493 e. The standard InChI is InChI=1S/C27H23FN4O5.C4H4O4/c1-35-24-15-19-21(16-25(24)36-2)29-11-10-22(19)37-23-9-8-17(14-20(23)28)30-26(33)32-13-12-31(27(32)34)18-6-4-3-5-7-18;5-3(6)1-2-4(7)8/h3-11,14-16H,12-13H2,1-2H3,(H,30,33);1-2H,(H,5,6)(H,7,8)/b;2-1+. The highest BCUT2D eigenvalue weighted by molar-refractivity contribution is 6.08. The van der Waals surface area contributed by atoms with Gasteiger partial charge in [-0.1, -0.05) is 18.2 Å². The summed E-state index contributed by atoms with van der Waals surface area (Å²) < 4.78 is 31.5. The minimum absolute atomic E-state index is 0.0483. The molecular formula is C31H27FN4O9. The van der Waals surface area contributed by atoms with Gasteiger partial charge in [0.25, 0.3) is 0 Å². The number of halogens is 1. The molecule has 0 radical (unpaired) electrons. The van der Waals surface area contributed by atoms with Gasteiger partial charge in [-0.25, -0.2) is 28.5 Å². The lowest BCUT2D eigenvalue weighted by Crippen LogP contribution is -2.39. The summed E-state index contributed by atoms with van der Waals surface area (Å²) in [6.07, 6.45) is 2.66. The van der Waals surface area contributed by atoms with Crippen molar-refractivity contribution in [1.82, 2.24) is 9.88 Å². The topological polar surface area (TPSA) is 168 Å². The number of carboxylic acid groups (broad SMARTS) is 2. The van der Waals surface area contributed by atoms with Crippen LogP contribution in [0.1, 0.15) is 0 Å². The molecule has 4 aromatic rings. The number of hydrogen-bond donors (Lipinski definition) is 3. The van der Waals surface area contributed by atoms with Crippen LogP contribution >= 0.6 is 0 Å². The molecule has 13 nitrogen and oxygen atoms in total. The number of rotatable bonds is 8. The molecule has 14 heteroatoms. The second kappa shape index (κ2) is 14.3. The number of carbonyl (C=O) groups excluding carboxylic acids is 2. The van der Waals surface area contributed by atoms with Crippen LogP contribution in [0.3, 0.4) is 0 Å². The first-order chi connectivity index (χ1) is 21.6. The van der Waals surface area contributed by atoms with E-state index in [-0.39, 0.29) is 18.0 Å². The van der Waals surface area contributed by atoms with Crippen molar-refractivity contribution in [2.24, 2.45) is 0 Å². The second-order valence-electron chi connectivity index (χ2n) is 9.14. The number of carboxylic acids is 2. The predicted molar refractivity (Wildman–Crippen MR) is 161 cm³/mol. The van der Waals surface area contributed by atoms with Gasteiger partial charge >= 0.3 is 24.0 Å². The molecular weight excluding hydrogens is 591 g/mol. The average Bonchev–Trinajstić information content (AvgIpc) is 3.42. The van der Waals surface area contributed by atoms with Crippen LogP contribution < -0.4 is 24.4 Å². The molecule has 1 fully saturated rings. The molecule has 4 amide bonds. The number of hydrogen-bond acceptors (Lipinski definition) is 8. The molecule has 2 heterocycles. The van der Waals surface area contributed by atoms with E-state index in [0.29, 0.717) is 52.5 Å². The highest BCUT2D eigenvalue weighted by atomic mass is 19.1. The Morgan fingerprint density at radius 2 is 1.53 bits per heavy atom. The molecule has 0 aliphatic carbocycles. The number of benzene rings is 3. The van der Waals surface area contributed by atoms with E-state index >= 15 is 0 Å². The van der Waals surface area contributed by atoms with Gasteiger partial charge in [-0.3, -0.25) is 9.88 Å². The first-order valence-electron chi connectivity index (χ1n) is 13.2. The van der Waals surface area contributed by atoms with Crippen molar-refractivity contribution in [1.29, 1.82) is 0 Å². The summed E-state index contributed by atoms with van der Waals surface area (Å²) in [5.74, 6) is -1.90. The van der Waals surface area contributed by atoms with Gasteiger partial charge in [-0.05, 0) is 36.4 Å². The Morgan fingerprint density at radius 1 is 0.867 bits per heavy atom. The van der Waals surface area contributed by atoms with Crippen LogP contribution in [0.4, 0.5) is 25.4 Å². The van der Waals surface area contributed by atoms with E-state index < -0.39 is 29.8 Å². The summed E-state index contributed by atoms with van der Waals surface area (Å²) in [5.41, 5.74) is 1.47. The molecule has 0 spiro atoms. The normalized spacial score (nSPS) is 12.5. The summed E-state index contributed by atoms with van der Waals surface area (Å²) in [5, 5.41) is 18.8. The number of methoxy groups -OCH3 is 2. The molecule has 0 saturated carbocycles. The molecule has 45 heavy (non-hydrogen) atoms. The van der Waals surface area contributed by atoms with Crippen molar-refractivity contribution in [3.05, 3.63) is 90.9 Å². The number of carbonyl (C=O) groups is 4. The van der Waals surface area contributed by atoms with E-state index in [1.807, 2.05) is 18.2 Å². The van der Waals surface area contributed by atoms with Gasteiger partial charge in [0.15, 0.2) is 23.1 Å². The molecule has 0 bridgehead atoms. The number of anilines is 2. The van der Waals surface area contributed by atoms with E-state index in [4.69, 9.17) is 24.4 Å². The zero-order valence-electron chi connectivity index (χ0n) is 24.0. The zero-order valence-corrected chi connectivity index (χ0v) is 24.0. The number of ether oxygens (including phenoxy) is 3. The van der Waals surface area contributed by atoms with Gasteiger partial charge in [0.2, 0.25) is 0 Å². The minimum atomic E-state index is -1.26. The van der Waals surface area contributed by atoms with E-state index in [0.717, 1.165) is 11.0 Å². The van der Waals surface area contributed by atoms with Crippen LogP contribution in [-0.2, 0) is 9.59 Å². The zero-order chi connectivity index (χ0) is 32.5. The Hall–Kier alpha value is -6.18. The van der Waals surface area contributed by atoms with Crippen LogP contribution in [0, 0.1) is 5.82 Å². The van der Waals surface area contributed by atoms with Crippen molar-refractivity contribution in [3.63, 3.8) is 0 Å². The van der Waals surface area contributed by atoms with Gasteiger partial charge in [0.1, 0.15) is 5.75 Å². The Labute approximate surface area is 255 Å². The third kappa shape index (κ3) is 7.81. The number of pyridine rings is 1. The Kier molecular flexibility index (Phi) is 10.1. The quantitative estimate of drug-likeness (QED) is 0.218. The van der Waals surface area contributed by atoms with Crippen LogP contribution in [0.25, 0.3) is 10.9 Å². The molecule has 1 aromatic heterocycles. The second-order valence-corrected chi connectivity index (χ2v) is 9.14. The van der Waals surface area contributed by atoms with Gasteiger partial charge in [0, 0.05) is 53.8 Å². The fourth-order valence-electron chi connectivity index (χ4n) is 4.22. The van der Waals surface area contributed by atoms with Crippen LogP contribution in [0.2, 0.25) is 0 Å². The number of aliphatic carboxylic acids is 2. The van der Waals surface area contributed by atoms with E-state index in [1.54, 1.807) is 36.5 Å². The fraction of sp³-hybridized carbons (Fsp3) is 0.129. The first-order valence-corrected chi connectivity index (χ1v) is 13.2. The predicted octanol–water partition coefficient (Wildman–Crippen LogP) is 5.37. The Morgan fingerprint density at radius 3 is 2.16 bits per heavy atom. The van der Waals surface area contributed by atoms with E-state index in [9.17, 15) is 23.6 Å². The SMILES string of the molecule is COc1cc2nccc(Oc3ccc(NC(=O)N4CCN(c5ccccc5)C4=O)cc3F)c2cc1OC.O=C(O)/C=C/C(=O)O. The number of fused-ring (bicyclic) bond motifs is 1. The number of para-hydroxylation sites is 1. The van der Waals surface area contributed by atoms with Crippen molar-refractivity contribution >= 4 is 46.3 Å². The van der Waals surface area contributed by atoms with E-state index in [2.05, 4.69) is 10.3 Å². The van der Waals surface area contributed by atoms with Gasteiger partial charge < -0.3 is 29.7 Å². The van der Waals surface area contributed by atoms with Crippen molar-refractivity contribution in [3.8, 4) is 23.0 Å². The number of imide groups is 1. The van der Waals surface area contributed by atoms with Crippen LogP contribution in [0.5, 0.6) is 23.0 Å². The summed E-state index contributed by atoms with van der Waals surface area (Å²) in [6, 6.07) is 17.1. The van der Waals surface area contributed by atoms with Crippen molar-refractivity contribution in [2.45, 2.75) is 0 Å². The third-order valence-electron chi connectivity index (χ3n) is 6.30. The maximum atomic E-state index is 15.0.